The van der Waals surface area contributed by atoms with E-state index in [1.165, 1.54) is 11.4 Å². The first-order valence-electron chi connectivity index (χ1n) is 7.04. The molecule has 0 spiro atoms. The summed E-state index contributed by atoms with van der Waals surface area (Å²) < 4.78 is 7.47. The molecule has 0 saturated heterocycles. The molecule has 1 aromatic carbocycles. The van der Waals surface area contributed by atoms with Crippen molar-refractivity contribution in [2.75, 3.05) is 13.7 Å². The fraction of sp³-hybridized carbons (Fsp3) is 0.312. The Kier molecular flexibility index (Phi) is 3.94. The highest BCUT2D eigenvalue weighted by Gasteiger charge is 2.16. The molecule has 0 atom stereocenters. The molecule has 0 saturated carbocycles. The zero-order valence-electron chi connectivity index (χ0n) is 12.3. The molecule has 0 amide bonds. The van der Waals surface area contributed by atoms with Gasteiger partial charge in [-0.05, 0) is 50.6 Å². The van der Waals surface area contributed by atoms with Crippen LogP contribution in [-0.2, 0) is 6.42 Å². The zero-order valence-corrected chi connectivity index (χ0v) is 13.1. The van der Waals surface area contributed by atoms with E-state index in [0.717, 1.165) is 34.8 Å². The molecule has 0 unspecified atom stereocenters. The van der Waals surface area contributed by atoms with Crippen LogP contribution in [0.2, 0.25) is 0 Å². The Morgan fingerprint density at radius 1 is 1.29 bits per heavy atom. The second kappa shape index (κ2) is 5.87. The SMILES string of the molecule is COc1ccc(-c2nc3scc(C)n3c2CCCN)cc1. The van der Waals surface area contributed by atoms with Crippen LogP contribution in [0.5, 0.6) is 5.75 Å². The Balaban J connectivity index is 2.11. The lowest BCUT2D eigenvalue weighted by Gasteiger charge is -2.06. The maximum absolute atomic E-state index is 5.69. The summed E-state index contributed by atoms with van der Waals surface area (Å²) >= 11 is 1.68. The van der Waals surface area contributed by atoms with Gasteiger partial charge >= 0.3 is 0 Å². The molecule has 2 N–H and O–H groups in total. The lowest BCUT2D eigenvalue weighted by atomic mass is 10.1. The van der Waals surface area contributed by atoms with Gasteiger partial charge in [0, 0.05) is 16.6 Å². The zero-order chi connectivity index (χ0) is 14.8. The molecule has 21 heavy (non-hydrogen) atoms. The van der Waals surface area contributed by atoms with Gasteiger partial charge in [-0.25, -0.2) is 4.98 Å². The van der Waals surface area contributed by atoms with E-state index in [9.17, 15) is 0 Å². The number of nitrogens with zero attached hydrogens (tertiary/aromatic N) is 2. The first kappa shape index (κ1) is 14.1. The molecule has 0 fully saturated rings. The number of aryl methyl sites for hydroxylation is 2. The normalized spacial score (nSPS) is 11.2. The highest BCUT2D eigenvalue weighted by Crippen LogP contribution is 2.30. The van der Waals surface area contributed by atoms with Gasteiger partial charge in [-0.15, -0.1) is 11.3 Å². The molecule has 2 aromatic heterocycles. The van der Waals surface area contributed by atoms with Crippen molar-refractivity contribution in [1.82, 2.24) is 9.38 Å². The Morgan fingerprint density at radius 2 is 2.05 bits per heavy atom. The van der Waals surface area contributed by atoms with Crippen LogP contribution in [-0.4, -0.2) is 23.0 Å². The van der Waals surface area contributed by atoms with Crippen LogP contribution in [0.25, 0.3) is 16.2 Å². The van der Waals surface area contributed by atoms with Crippen LogP contribution in [0.3, 0.4) is 0 Å². The van der Waals surface area contributed by atoms with Gasteiger partial charge in [-0.1, -0.05) is 0 Å². The molecular weight excluding hydrogens is 282 g/mol. The number of thiazole rings is 1. The summed E-state index contributed by atoms with van der Waals surface area (Å²) in [5.41, 5.74) is 10.3. The standard InChI is InChI=1S/C16H19N3OS/c1-11-10-21-16-18-15(14(19(11)16)4-3-9-17)12-5-7-13(20-2)8-6-12/h5-8,10H,3-4,9,17H2,1-2H3. The minimum absolute atomic E-state index is 0.693. The summed E-state index contributed by atoms with van der Waals surface area (Å²) in [6.07, 6.45) is 1.91. The summed E-state index contributed by atoms with van der Waals surface area (Å²) in [5, 5.41) is 2.14. The maximum Gasteiger partial charge on any atom is 0.194 e. The fourth-order valence-electron chi connectivity index (χ4n) is 2.54. The second-order valence-corrected chi connectivity index (χ2v) is 5.86. The smallest absolute Gasteiger partial charge is 0.194 e. The van der Waals surface area contributed by atoms with Gasteiger partial charge in [0.25, 0.3) is 0 Å². The number of imidazole rings is 1. The van der Waals surface area contributed by atoms with Crippen molar-refractivity contribution in [3.8, 4) is 17.0 Å². The number of hydrogen-bond donors (Lipinski definition) is 1. The van der Waals surface area contributed by atoms with E-state index in [2.05, 4.69) is 28.8 Å². The molecule has 0 bridgehead atoms. The lowest BCUT2D eigenvalue weighted by molar-refractivity contribution is 0.415. The molecule has 2 heterocycles. The van der Waals surface area contributed by atoms with Crippen molar-refractivity contribution in [3.05, 3.63) is 41.0 Å². The van der Waals surface area contributed by atoms with Gasteiger partial charge in [0.05, 0.1) is 18.5 Å². The van der Waals surface area contributed by atoms with Crippen molar-refractivity contribution in [2.45, 2.75) is 19.8 Å². The van der Waals surface area contributed by atoms with Gasteiger partial charge in [-0.2, -0.15) is 0 Å². The average molecular weight is 301 g/mol. The quantitative estimate of drug-likeness (QED) is 0.787. The Hall–Kier alpha value is -1.85. The van der Waals surface area contributed by atoms with E-state index in [1.54, 1.807) is 18.4 Å². The van der Waals surface area contributed by atoms with Crippen molar-refractivity contribution >= 4 is 16.3 Å². The highest BCUT2D eigenvalue weighted by atomic mass is 32.1. The number of rotatable bonds is 5. The minimum Gasteiger partial charge on any atom is -0.497 e. The van der Waals surface area contributed by atoms with Crippen LogP contribution >= 0.6 is 11.3 Å². The van der Waals surface area contributed by atoms with E-state index < -0.39 is 0 Å². The topological polar surface area (TPSA) is 52.5 Å². The molecule has 110 valence electrons. The molecule has 0 radical (unpaired) electrons. The number of methoxy groups -OCH3 is 1. The Morgan fingerprint density at radius 3 is 2.71 bits per heavy atom. The molecule has 3 aromatic rings. The maximum atomic E-state index is 5.69. The van der Waals surface area contributed by atoms with Crippen LogP contribution in [0.1, 0.15) is 17.8 Å². The average Bonchev–Trinajstić information content (AvgIpc) is 3.06. The largest absolute Gasteiger partial charge is 0.497 e. The number of ether oxygens (including phenoxy) is 1. The van der Waals surface area contributed by atoms with E-state index in [4.69, 9.17) is 15.5 Å². The highest BCUT2D eigenvalue weighted by molar-refractivity contribution is 7.15. The van der Waals surface area contributed by atoms with Crippen LogP contribution in [0.15, 0.2) is 29.6 Å². The molecule has 0 aliphatic rings. The second-order valence-electron chi connectivity index (χ2n) is 5.02. The summed E-state index contributed by atoms with van der Waals surface area (Å²) in [6, 6.07) is 8.07. The molecule has 0 aliphatic heterocycles. The van der Waals surface area contributed by atoms with Gasteiger partial charge in [0.2, 0.25) is 0 Å². The number of benzene rings is 1. The van der Waals surface area contributed by atoms with Crippen molar-refractivity contribution < 1.29 is 4.74 Å². The number of nitrogens with two attached hydrogens (primary N) is 1. The number of fused-ring (bicyclic) bond motifs is 1. The monoisotopic (exact) mass is 301 g/mol. The molecule has 3 rings (SSSR count). The third-order valence-corrected chi connectivity index (χ3v) is 4.55. The first-order chi connectivity index (χ1) is 10.2. The van der Waals surface area contributed by atoms with E-state index in [0.29, 0.717) is 6.54 Å². The van der Waals surface area contributed by atoms with Crippen LogP contribution < -0.4 is 10.5 Å². The summed E-state index contributed by atoms with van der Waals surface area (Å²) in [5.74, 6) is 0.861. The van der Waals surface area contributed by atoms with Crippen molar-refractivity contribution in [1.29, 1.82) is 0 Å². The van der Waals surface area contributed by atoms with Gasteiger partial charge in [0.1, 0.15) is 5.75 Å². The van der Waals surface area contributed by atoms with E-state index >= 15 is 0 Å². The van der Waals surface area contributed by atoms with Gasteiger partial charge in [0.15, 0.2) is 4.96 Å². The van der Waals surface area contributed by atoms with Crippen molar-refractivity contribution in [2.24, 2.45) is 5.73 Å². The van der Waals surface area contributed by atoms with Gasteiger partial charge in [-0.3, -0.25) is 4.40 Å². The number of aromatic nitrogens is 2. The first-order valence-corrected chi connectivity index (χ1v) is 7.92. The molecule has 0 aliphatic carbocycles. The molecule has 5 heteroatoms. The summed E-state index contributed by atoms with van der Waals surface area (Å²) in [6.45, 7) is 2.81. The van der Waals surface area contributed by atoms with Crippen molar-refractivity contribution in [3.63, 3.8) is 0 Å². The fourth-order valence-corrected chi connectivity index (χ4v) is 3.43. The van der Waals surface area contributed by atoms with Crippen LogP contribution in [0, 0.1) is 6.92 Å². The predicted molar refractivity (Wildman–Crippen MR) is 87.2 cm³/mol. The molecule has 4 nitrogen and oxygen atoms in total. The van der Waals surface area contributed by atoms with Crippen LogP contribution in [0.4, 0.5) is 0 Å². The Bertz CT molecular complexity index is 743. The number of hydrogen-bond acceptors (Lipinski definition) is 4. The third kappa shape index (κ3) is 2.54. The Labute approximate surface area is 128 Å². The molecular formula is C16H19N3OS. The minimum atomic E-state index is 0.693. The predicted octanol–water partition coefficient (Wildman–Crippen LogP) is 3.27. The van der Waals surface area contributed by atoms with E-state index in [1.807, 2.05) is 12.1 Å². The lowest BCUT2D eigenvalue weighted by Crippen LogP contribution is -2.03. The third-order valence-electron chi connectivity index (χ3n) is 3.61. The van der Waals surface area contributed by atoms with Gasteiger partial charge < -0.3 is 10.5 Å². The summed E-state index contributed by atoms with van der Waals surface area (Å²) in [4.78, 5) is 5.86. The van der Waals surface area contributed by atoms with E-state index in [-0.39, 0.29) is 0 Å². The summed E-state index contributed by atoms with van der Waals surface area (Å²) in [7, 11) is 1.68.